The maximum atomic E-state index is 4.66. The Balaban J connectivity index is 2.21. The second kappa shape index (κ2) is 4.12. The molecule has 100 valence electrons. The Morgan fingerprint density at radius 2 is 1.84 bits per heavy atom. The molecule has 6 nitrogen and oxygen atoms in total. The van der Waals surface area contributed by atoms with Gasteiger partial charge in [0.1, 0.15) is 0 Å². The highest BCUT2D eigenvalue weighted by atomic mass is 32.1. The second-order valence-corrected chi connectivity index (χ2v) is 5.94. The Kier molecular flexibility index (Phi) is 2.67. The normalized spacial score (nSPS) is 11.9. The van der Waals surface area contributed by atoms with E-state index in [-0.39, 0.29) is 0 Å². The Hall–Kier alpha value is -1.76. The number of hydrogen-bond acceptors (Lipinski definition) is 5. The lowest BCUT2D eigenvalue weighted by Gasteiger charge is -1.98. The Bertz CT molecular complexity index is 748. The van der Waals surface area contributed by atoms with Crippen molar-refractivity contribution in [1.29, 1.82) is 0 Å². The fourth-order valence-corrected chi connectivity index (χ4v) is 3.17. The first kappa shape index (κ1) is 12.3. The minimum absolute atomic E-state index is 0.307. The summed E-state index contributed by atoms with van der Waals surface area (Å²) in [6.07, 6.45) is 0. The number of fused-ring (bicyclic) bond motifs is 1. The Labute approximate surface area is 115 Å². The zero-order valence-corrected chi connectivity index (χ0v) is 12.5. The fraction of sp³-hybridized carbons (Fsp3) is 0.500. The minimum atomic E-state index is 0.307. The number of rotatable bonds is 2. The average molecular weight is 276 g/mol. The molecule has 0 N–H and O–H groups in total. The summed E-state index contributed by atoms with van der Waals surface area (Å²) in [7, 11) is 1.95. The van der Waals surface area contributed by atoms with Gasteiger partial charge in [-0.05, 0) is 13.8 Å². The average Bonchev–Trinajstić information content (AvgIpc) is 2.93. The third kappa shape index (κ3) is 1.76. The van der Waals surface area contributed by atoms with E-state index in [2.05, 4.69) is 41.2 Å². The van der Waals surface area contributed by atoms with E-state index in [1.165, 1.54) is 0 Å². The van der Waals surface area contributed by atoms with Crippen molar-refractivity contribution in [3.05, 3.63) is 17.2 Å². The molecule has 0 saturated heterocycles. The SMILES string of the molecule is Cc1nn(C)c(C)c1-c1nn2c(C(C)C)nnc2s1. The fourth-order valence-electron chi connectivity index (χ4n) is 2.18. The van der Waals surface area contributed by atoms with E-state index >= 15 is 0 Å². The van der Waals surface area contributed by atoms with E-state index in [0.717, 1.165) is 32.7 Å². The number of hydrogen-bond donors (Lipinski definition) is 0. The lowest BCUT2D eigenvalue weighted by molar-refractivity contribution is 0.726. The maximum Gasteiger partial charge on any atom is 0.234 e. The molecule has 3 heterocycles. The lowest BCUT2D eigenvalue weighted by atomic mass is 10.2. The molecule has 3 aromatic rings. The van der Waals surface area contributed by atoms with Crippen LogP contribution in [-0.4, -0.2) is 29.6 Å². The zero-order chi connectivity index (χ0) is 13.7. The molecule has 0 aliphatic carbocycles. The summed E-state index contributed by atoms with van der Waals surface area (Å²) in [5.41, 5.74) is 3.22. The van der Waals surface area contributed by atoms with Gasteiger partial charge in [0.05, 0.1) is 11.3 Å². The lowest BCUT2D eigenvalue weighted by Crippen LogP contribution is -1.98. The predicted molar refractivity (Wildman–Crippen MR) is 74.4 cm³/mol. The van der Waals surface area contributed by atoms with Gasteiger partial charge in [-0.15, -0.1) is 10.2 Å². The van der Waals surface area contributed by atoms with Crippen molar-refractivity contribution in [1.82, 2.24) is 29.6 Å². The smallest absolute Gasteiger partial charge is 0.234 e. The molecule has 0 saturated carbocycles. The summed E-state index contributed by atoms with van der Waals surface area (Å²) in [5.74, 6) is 1.21. The Morgan fingerprint density at radius 3 is 2.42 bits per heavy atom. The van der Waals surface area contributed by atoms with Crippen LogP contribution in [0.15, 0.2) is 0 Å². The highest BCUT2D eigenvalue weighted by molar-refractivity contribution is 7.19. The molecule has 0 aliphatic heterocycles. The van der Waals surface area contributed by atoms with E-state index < -0.39 is 0 Å². The summed E-state index contributed by atoms with van der Waals surface area (Å²) in [6.45, 7) is 8.25. The molecule has 0 bridgehead atoms. The predicted octanol–water partition coefficient (Wildman–Crippen LogP) is 2.33. The van der Waals surface area contributed by atoms with Gasteiger partial charge in [0.2, 0.25) is 4.96 Å². The second-order valence-electron chi connectivity index (χ2n) is 4.98. The standard InChI is InChI=1S/C12H16N6S/c1-6(2)10-13-14-12-18(10)16-11(19-12)9-7(3)15-17(5)8(9)4/h6H,1-5H3. The first-order valence-electron chi connectivity index (χ1n) is 6.21. The van der Waals surface area contributed by atoms with E-state index in [1.807, 2.05) is 23.2 Å². The molecule has 0 unspecified atom stereocenters. The van der Waals surface area contributed by atoms with Crippen molar-refractivity contribution in [3.63, 3.8) is 0 Å². The summed E-state index contributed by atoms with van der Waals surface area (Å²) >= 11 is 1.56. The van der Waals surface area contributed by atoms with Crippen molar-refractivity contribution in [3.8, 4) is 10.6 Å². The van der Waals surface area contributed by atoms with Crippen LogP contribution in [0.1, 0.15) is 37.0 Å². The van der Waals surface area contributed by atoms with Gasteiger partial charge in [-0.1, -0.05) is 25.2 Å². The van der Waals surface area contributed by atoms with Gasteiger partial charge in [-0.3, -0.25) is 4.68 Å². The van der Waals surface area contributed by atoms with Gasteiger partial charge < -0.3 is 0 Å². The first-order valence-corrected chi connectivity index (χ1v) is 7.03. The highest BCUT2D eigenvalue weighted by Gasteiger charge is 2.19. The molecule has 7 heteroatoms. The minimum Gasteiger partial charge on any atom is -0.272 e. The van der Waals surface area contributed by atoms with Crippen LogP contribution < -0.4 is 0 Å². The van der Waals surface area contributed by atoms with Crippen LogP contribution in [-0.2, 0) is 7.05 Å². The molecular formula is C12H16N6S. The molecule has 0 radical (unpaired) electrons. The summed E-state index contributed by atoms with van der Waals surface area (Å²) in [5, 5.41) is 18.4. The van der Waals surface area contributed by atoms with Gasteiger partial charge in [0, 0.05) is 18.7 Å². The quantitative estimate of drug-likeness (QED) is 0.720. The van der Waals surface area contributed by atoms with Gasteiger partial charge in [0.25, 0.3) is 0 Å². The van der Waals surface area contributed by atoms with Crippen LogP contribution in [0, 0.1) is 13.8 Å². The molecule has 3 rings (SSSR count). The maximum absolute atomic E-state index is 4.66. The van der Waals surface area contributed by atoms with Crippen molar-refractivity contribution in [2.24, 2.45) is 7.05 Å². The van der Waals surface area contributed by atoms with Gasteiger partial charge in [-0.25, -0.2) is 0 Å². The molecule has 0 amide bonds. The molecule has 0 aliphatic rings. The van der Waals surface area contributed by atoms with E-state index in [4.69, 9.17) is 0 Å². The summed E-state index contributed by atoms with van der Waals surface area (Å²) in [4.78, 5) is 0.835. The van der Waals surface area contributed by atoms with Gasteiger partial charge in [0.15, 0.2) is 10.8 Å². The van der Waals surface area contributed by atoms with Crippen LogP contribution in [0.5, 0.6) is 0 Å². The van der Waals surface area contributed by atoms with Gasteiger partial charge >= 0.3 is 0 Å². The molecule has 0 atom stereocenters. The molecule has 3 aromatic heterocycles. The zero-order valence-electron chi connectivity index (χ0n) is 11.7. The summed E-state index contributed by atoms with van der Waals surface area (Å²) in [6, 6.07) is 0. The van der Waals surface area contributed by atoms with E-state index in [0.29, 0.717) is 5.92 Å². The van der Waals surface area contributed by atoms with Crippen LogP contribution in [0.3, 0.4) is 0 Å². The third-order valence-electron chi connectivity index (χ3n) is 3.25. The van der Waals surface area contributed by atoms with Crippen molar-refractivity contribution < 1.29 is 0 Å². The van der Waals surface area contributed by atoms with Crippen LogP contribution >= 0.6 is 11.3 Å². The monoisotopic (exact) mass is 276 g/mol. The van der Waals surface area contributed by atoms with Crippen LogP contribution in [0.2, 0.25) is 0 Å². The topological polar surface area (TPSA) is 60.9 Å². The van der Waals surface area contributed by atoms with E-state index in [9.17, 15) is 0 Å². The Morgan fingerprint density at radius 1 is 1.11 bits per heavy atom. The molecule has 0 spiro atoms. The highest BCUT2D eigenvalue weighted by Crippen LogP contribution is 2.31. The molecule has 19 heavy (non-hydrogen) atoms. The molecule has 0 aromatic carbocycles. The first-order chi connectivity index (χ1) is 8.99. The van der Waals surface area contributed by atoms with Gasteiger partial charge in [-0.2, -0.15) is 14.7 Å². The molecule has 0 fully saturated rings. The molecular weight excluding hydrogens is 260 g/mol. The van der Waals surface area contributed by atoms with Crippen LogP contribution in [0.25, 0.3) is 15.5 Å². The number of aryl methyl sites for hydroxylation is 2. The largest absolute Gasteiger partial charge is 0.272 e. The van der Waals surface area contributed by atoms with E-state index in [1.54, 1.807) is 11.3 Å². The summed E-state index contributed by atoms with van der Waals surface area (Å²) < 4.78 is 3.73. The van der Waals surface area contributed by atoms with Crippen molar-refractivity contribution in [2.75, 3.05) is 0 Å². The van der Waals surface area contributed by atoms with Crippen molar-refractivity contribution >= 4 is 16.3 Å². The number of aromatic nitrogens is 6. The van der Waals surface area contributed by atoms with Crippen molar-refractivity contribution in [2.45, 2.75) is 33.6 Å². The van der Waals surface area contributed by atoms with Crippen LogP contribution in [0.4, 0.5) is 0 Å². The number of nitrogens with zero attached hydrogens (tertiary/aromatic N) is 6. The third-order valence-corrected chi connectivity index (χ3v) is 4.17.